The summed E-state index contributed by atoms with van der Waals surface area (Å²) in [5, 5.41) is 6.35. The molecule has 0 saturated heterocycles. The fourth-order valence-electron chi connectivity index (χ4n) is 2.42. The first-order valence-corrected chi connectivity index (χ1v) is 9.81. The Morgan fingerprint density at radius 2 is 1.97 bits per heavy atom. The highest BCUT2D eigenvalue weighted by Gasteiger charge is 2.28. The van der Waals surface area contributed by atoms with E-state index in [9.17, 15) is 13.2 Å². The van der Waals surface area contributed by atoms with Crippen LogP contribution in [-0.4, -0.2) is 50.6 Å². The van der Waals surface area contributed by atoms with Gasteiger partial charge in [0, 0.05) is 50.7 Å². The summed E-state index contributed by atoms with van der Waals surface area (Å²) in [5.74, 6) is 1.20. The molecule has 0 aliphatic rings. The molecule has 0 amide bonds. The van der Waals surface area contributed by atoms with Crippen LogP contribution >= 0.6 is 0 Å². The zero-order valence-electron chi connectivity index (χ0n) is 17.5. The van der Waals surface area contributed by atoms with Gasteiger partial charge in [-0.2, -0.15) is 13.2 Å². The highest BCUT2D eigenvalue weighted by Crippen LogP contribution is 2.18. The molecule has 0 spiro atoms. The predicted molar refractivity (Wildman–Crippen MR) is 113 cm³/mol. The highest BCUT2D eigenvalue weighted by molar-refractivity contribution is 5.93. The Bertz CT molecular complexity index is 814. The quantitative estimate of drug-likeness (QED) is 0.312. The average Bonchev–Trinajstić information content (AvgIpc) is 2.74. The second kappa shape index (κ2) is 12.6. The number of hydrogen-bond acceptors (Lipinski definition) is 5. The van der Waals surface area contributed by atoms with Gasteiger partial charge in [0.25, 0.3) is 0 Å². The minimum atomic E-state index is -4.40. The fraction of sp³-hybridized carbons (Fsp3) is 0.429. The lowest BCUT2D eigenvalue weighted by molar-refractivity contribution is -0.154. The molecule has 0 aliphatic carbocycles. The summed E-state index contributed by atoms with van der Waals surface area (Å²) in [4.78, 5) is 8.37. The van der Waals surface area contributed by atoms with Crippen LogP contribution in [0.2, 0.25) is 0 Å². The van der Waals surface area contributed by atoms with Gasteiger partial charge in [-0.3, -0.25) is 0 Å². The molecule has 0 fully saturated rings. The first-order chi connectivity index (χ1) is 14.9. The number of nitrogens with zero attached hydrogens (tertiary/aromatic N) is 2. The first-order valence-electron chi connectivity index (χ1n) is 9.81. The Labute approximate surface area is 179 Å². The van der Waals surface area contributed by atoms with Crippen molar-refractivity contribution in [2.24, 2.45) is 4.99 Å². The molecule has 10 heteroatoms. The molecular formula is C21H27F3N4O3. The molecule has 0 bridgehead atoms. The molecule has 7 nitrogen and oxygen atoms in total. The number of anilines is 1. The molecule has 0 saturated carbocycles. The van der Waals surface area contributed by atoms with E-state index in [-0.39, 0.29) is 12.4 Å². The van der Waals surface area contributed by atoms with Crippen molar-refractivity contribution in [1.82, 2.24) is 10.3 Å². The molecule has 0 aliphatic heterocycles. The number of aliphatic imine (C=N–C) groups is 1. The molecule has 1 heterocycles. The molecular weight excluding hydrogens is 413 g/mol. The highest BCUT2D eigenvalue weighted by atomic mass is 19.4. The lowest BCUT2D eigenvalue weighted by atomic mass is 10.3. The number of methoxy groups -OCH3 is 1. The number of ether oxygens (including phenoxy) is 3. The summed E-state index contributed by atoms with van der Waals surface area (Å²) in [6.07, 6.45) is -2.16. The normalized spacial score (nSPS) is 11.8. The number of halogens is 3. The van der Waals surface area contributed by atoms with E-state index in [1.807, 2.05) is 31.2 Å². The number of guanidine groups is 1. The summed E-state index contributed by atoms with van der Waals surface area (Å²) in [5.41, 5.74) is 1.53. The van der Waals surface area contributed by atoms with Crippen LogP contribution in [0.15, 0.2) is 47.6 Å². The first kappa shape index (κ1) is 24.3. The molecule has 0 atom stereocenters. The van der Waals surface area contributed by atoms with Gasteiger partial charge in [0.05, 0.1) is 13.2 Å². The summed E-state index contributed by atoms with van der Waals surface area (Å²) < 4.78 is 51.9. The van der Waals surface area contributed by atoms with Crippen LogP contribution in [0.25, 0.3) is 0 Å². The van der Waals surface area contributed by atoms with Crippen LogP contribution in [0.1, 0.15) is 18.9 Å². The summed E-state index contributed by atoms with van der Waals surface area (Å²) in [6.45, 7) is 2.71. The molecule has 31 heavy (non-hydrogen) atoms. The van der Waals surface area contributed by atoms with Gasteiger partial charge in [-0.15, -0.1) is 0 Å². The smallest absolute Gasteiger partial charge is 0.422 e. The van der Waals surface area contributed by atoms with Crippen molar-refractivity contribution >= 4 is 11.6 Å². The average molecular weight is 440 g/mol. The molecule has 1 aromatic heterocycles. The number of pyridine rings is 1. The number of hydrogen-bond donors (Lipinski definition) is 2. The van der Waals surface area contributed by atoms with Gasteiger partial charge < -0.3 is 24.8 Å². The van der Waals surface area contributed by atoms with Crippen LogP contribution in [0, 0.1) is 0 Å². The van der Waals surface area contributed by atoms with Gasteiger partial charge in [0.1, 0.15) is 5.75 Å². The third kappa shape index (κ3) is 10.0. The van der Waals surface area contributed by atoms with Gasteiger partial charge in [-0.25, -0.2) is 9.98 Å². The van der Waals surface area contributed by atoms with Crippen LogP contribution in [0.5, 0.6) is 11.6 Å². The van der Waals surface area contributed by atoms with Crippen molar-refractivity contribution in [2.75, 3.05) is 38.8 Å². The number of benzene rings is 1. The minimum absolute atomic E-state index is 0.0857. The maximum Gasteiger partial charge on any atom is 0.422 e. The Morgan fingerprint density at radius 1 is 1.13 bits per heavy atom. The SMILES string of the molecule is CCNC(=NCc1ccc(OCC(F)(F)F)nc1)Nc1cccc(OCCCOC)c1. The summed E-state index contributed by atoms with van der Waals surface area (Å²) in [7, 11) is 1.65. The van der Waals surface area contributed by atoms with Crippen molar-refractivity contribution in [2.45, 2.75) is 26.1 Å². The summed E-state index contributed by atoms with van der Waals surface area (Å²) in [6, 6.07) is 10.5. The zero-order valence-corrected chi connectivity index (χ0v) is 17.5. The van der Waals surface area contributed by atoms with Gasteiger partial charge in [-0.05, 0) is 24.6 Å². The monoisotopic (exact) mass is 440 g/mol. The minimum Gasteiger partial charge on any atom is -0.493 e. The number of aromatic nitrogens is 1. The number of rotatable bonds is 11. The van der Waals surface area contributed by atoms with E-state index in [0.717, 1.165) is 23.4 Å². The third-order valence-corrected chi connectivity index (χ3v) is 3.80. The van der Waals surface area contributed by atoms with Crippen LogP contribution in [0.3, 0.4) is 0 Å². The van der Waals surface area contributed by atoms with E-state index in [1.165, 1.54) is 12.3 Å². The number of nitrogens with one attached hydrogen (secondary N) is 2. The Balaban J connectivity index is 1.94. The Kier molecular flexibility index (Phi) is 9.89. The van der Waals surface area contributed by atoms with E-state index < -0.39 is 12.8 Å². The standard InChI is InChI=1S/C21H27F3N4O3/c1-3-25-20(28-17-6-4-7-18(12-17)30-11-5-10-29-2)27-14-16-8-9-19(26-13-16)31-15-21(22,23)24/h4,6-9,12-13H,3,5,10-11,14-15H2,1-2H3,(H2,25,27,28). The third-order valence-electron chi connectivity index (χ3n) is 3.80. The van der Waals surface area contributed by atoms with E-state index in [2.05, 4.69) is 25.3 Å². The number of alkyl halides is 3. The fourth-order valence-corrected chi connectivity index (χ4v) is 2.42. The van der Waals surface area contributed by atoms with Crippen molar-refractivity contribution in [3.05, 3.63) is 48.2 Å². The maximum absolute atomic E-state index is 12.2. The molecule has 0 unspecified atom stereocenters. The molecule has 1 aromatic carbocycles. The van der Waals surface area contributed by atoms with Gasteiger partial charge in [0.2, 0.25) is 5.88 Å². The van der Waals surface area contributed by atoms with Gasteiger partial charge >= 0.3 is 6.18 Å². The molecule has 0 radical (unpaired) electrons. The maximum atomic E-state index is 12.2. The lowest BCUT2D eigenvalue weighted by Crippen LogP contribution is -2.30. The Morgan fingerprint density at radius 3 is 2.65 bits per heavy atom. The molecule has 2 rings (SSSR count). The van der Waals surface area contributed by atoms with E-state index in [4.69, 9.17) is 9.47 Å². The van der Waals surface area contributed by atoms with Crippen molar-refractivity contribution < 1.29 is 27.4 Å². The second-order valence-electron chi connectivity index (χ2n) is 6.45. The largest absolute Gasteiger partial charge is 0.493 e. The zero-order chi connectivity index (χ0) is 22.5. The van der Waals surface area contributed by atoms with E-state index in [0.29, 0.717) is 25.7 Å². The summed E-state index contributed by atoms with van der Waals surface area (Å²) >= 11 is 0. The van der Waals surface area contributed by atoms with E-state index in [1.54, 1.807) is 13.2 Å². The van der Waals surface area contributed by atoms with Gasteiger partial charge in [0.15, 0.2) is 12.6 Å². The van der Waals surface area contributed by atoms with Crippen molar-refractivity contribution in [3.8, 4) is 11.6 Å². The molecule has 170 valence electrons. The van der Waals surface area contributed by atoms with Crippen LogP contribution in [-0.2, 0) is 11.3 Å². The van der Waals surface area contributed by atoms with Crippen molar-refractivity contribution in [1.29, 1.82) is 0 Å². The topological polar surface area (TPSA) is 77.0 Å². The van der Waals surface area contributed by atoms with Crippen LogP contribution in [0.4, 0.5) is 18.9 Å². The molecule has 2 aromatic rings. The van der Waals surface area contributed by atoms with Gasteiger partial charge in [-0.1, -0.05) is 12.1 Å². The van der Waals surface area contributed by atoms with E-state index >= 15 is 0 Å². The predicted octanol–water partition coefficient (Wildman–Crippen LogP) is 4.02. The Hall–Kier alpha value is -3.01. The molecule has 2 N–H and O–H groups in total. The second-order valence-corrected chi connectivity index (χ2v) is 6.45. The van der Waals surface area contributed by atoms with Crippen molar-refractivity contribution in [3.63, 3.8) is 0 Å². The van der Waals surface area contributed by atoms with Crippen LogP contribution < -0.4 is 20.1 Å². The lowest BCUT2D eigenvalue weighted by Gasteiger charge is -2.13.